The molecule has 0 bridgehead atoms. The average molecular weight is 374 g/mol. The first kappa shape index (κ1) is 20.1. The Kier molecular flexibility index (Phi) is 5.17. The minimum Gasteiger partial charge on any atom is -0.748 e. The van der Waals surface area contributed by atoms with Crippen LogP contribution in [-0.2, 0) is 14.9 Å². The van der Waals surface area contributed by atoms with Crippen LogP contribution in [0.2, 0.25) is 0 Å². The van der Waals surface area contributed by atoms with Gasteiger partial charge in [0.05, 0.1) is 15.4 Å². The fourth-order valence-electron chi connectivity index (χ4n) is 6.64. The third-order valence-corrected chi connectivity index (χ3v) is 9.39. The third kappa shape index (κ3) is 2.93. The standard InChI is InChI=1S/C19H28O4S.Na/c1-18-9-7-13(24(21,22)23)11-12(18)3-4-14-15-5-6-17(20)19(15,2)10-8-16(14)18;/h3,13-16H,4-11H2,1-2H3,(H,21,22,23);/q;+1/p-1/t13-,14-,15-,16-,18-,19-;/m0./s1. The van der Waals surface area contributed by atoms with Crippen LogP contribution in [0.4, 0.5) is 0 Å². The Morgan fingerprint density at radius 2 is 1.72 bits per heavy atom. The van der Waals surface area contributed by atoms with Crippen LogP contribution < -0.4 is 29.6 Å². The summed E-state index contributed by atoms with van der Waals surface area (Å²) in [4.78, 5) is 12.4. The van der Waals surface area contributed by atoms with Crippen molar-refractivity contribution < 1.29 is 47.3 Å². The first-order valence-corrected chi connectivity index (χ1v) is 10.8. The molecule has 0 amide bonds. The molecular weight excluding hydrogens is 347 g/mol. The van der Waals surface area contributed by atoms with Gasteiger partial charge in [-0.2, -0.15) is 0 Å². The molecule has 3 saturated carbocycles. The Hall–Kier alpha value is 0.320. The smallest absolute Gasteiger partial charge is 0.748 e. The normalized spacial score (nSPS) is 46.4. The number of rotatable bonds is 1. The maximum Gasteiger partial charge on any atom is 1.00 e. The topological polar surface area (TPSA) is 74.3 Å². The first-order chi connectivity index (χ1) is 11.2. The number of carbonyl (C=O) groups is 1. The van der Waals surface area contributed by atoms with Gasteiger partial charge in [0, 0.05) is 11.8 Å². The number of hydrogen-bond donors (Lipinski definition) is 0. The molecule has 0 N–H and O–H groups in total. The van der Waals surface area contributed by atoms with E-state index in [2.05, 4.69) is 19.9 Å². The largest absolute Gasteiger partial charge is 1.00 e. The van der Waals surface area contributed by atoms with E-state index in [4.69, 9.17) is 0 Å². The van der Waals surface area contributed by atoms with Crippen LogP contribution in [0, 0.1) is 28.6 Å². The van der Waals surface area contributed by atoms with Crippen molar-refractivity contribution in [2.75, 3.05) is 0 Å². The second-order valence-electron chi connectivity index (χ2n) is 9.03. The van der Waals surface area contributed by atoms with Crippen molar-refractivity contribution in [3.05, 3.63) is 11.6 Å². The van der Waals surface area contributed by atoms with E-state index in [1.54, 1.807) is 0 Å². The van der Waals surface area contributed by atoms with Crippen molar-refractivity contribution in [1.29, 1.82) is 0 Å². The summed E-state index contributed by atoms with van der Waals surface area (Å²) in [6.45, 7) is 4.45. The minimum atomic E-state index is -4.20. The fraction of sp³-hybridized carbons (Fsp3) is 0.842. The monoisotopic (exact) mass is 374 g/mol. The molecule has 6 atom stereocenters. The quantitative estimate of drug-likeness (QED) is 0.379. The summed E-state index contributed by atoms with van der Waals surface area (Å²) < 4.78 is 34.4. The van der Waals surface area contributed by atoms with Crippen molar-refractivity contribution >= 4 is 15.9 Å². The zero-order valence-corrected chi connectivity index (χ0v) is 18.4. The molecular formula is C19H27NaO4S. The fourth-order valence-corrected chi connectivity index (χ4v) is 7.44. The minimum absolute atomic E-state index is 0. The van der Waals surface area contributed by atoms with Crippen molar-refractivity contribution in [3.8, 4) is 0 Å². The van der Waals surface area contributed by atoms with Crippen molar-refractivity contribution in [2.24, 2.45) is 28.6 Å². The van der Waals surface area contributed by atoms with E-state index >= 15 is 0 Å². The molecule has 0 radical (unpaired) electrons. The van der Waals surface area contributed by atoms with Crippen LogP contribution >= 0.6 is 0 Å². The third-order valence-electron chi connectivity index (χ3n) is 8.18. The van der Waals surface area contributed by atoms with Crippen molar-refractivity contribution in [1.82, 2.24) is 0 Å². The molecule has 4 nitrogen and oxygen atoms in total. The predicted octanol–water partition coefficient (Wildman–Crippen LogP) is 0.436. The molecule has 0 aliphatic heterocycles. The van der Waals surface area contributed by atoms with Gasteiger partial charge in [0.25, 0.3) is 0 Å². The molecule has 4 rings (SSSR count). The zero-order valence-electron chi connectivity index (χ0n) is 15.6. The Balaban J connectivity index is 0.00000182. The van der Waals surface area contributed by atoms with Gasteiger partial charge in [-0.3, -0.25) is 4.79 Å². The van der Waals surface area contributed by atoms with E-state index in [-0.39, 0.29) is 40.4 Å². The van der Waals surface area contributed by atoms with Crippen LogP contribution in [0.1, 0.15) is 65.2 Å². The molecule has 0 spiro atoms. The molecule has 134 valence electrons. The van der Waals surface area contributed by atoms with E-state index in [1.165, 1.54) is 5.57 Å². The Morgan fingerprint density at radius 1 is 1.08 bits per heavy atom. The molecule has 4 aliphatic carbocycles. The van der Waals surface area contributed by atoms with Gasteiger partial charge in [0.15, 0.2) is 0 Å². The molecule has 0 aromatic carbocycles. The van der Waals surface area contributed by atoms with Crippen LogP contribution in [0.25, 0.3) is 0 Å². The molecule has 0 unspecified atom stereocenters. The number of fused-ring (bicyclic) bond motifs is 5. The second-order valence-corrected chi connectivity index (χ2v) is 10.7. The van der Waals surface area contributed by atoms with Gasteiger partial charge < -0.3 is 4.55 Å². The maximum absolute atomic E-state index is 12.4. The van der Waals surface area contributed by atoms with E-state index in [1.807, 2.05) is 0 Å². The molecule has 0 aromatic rings. The summed E-state index contributed by atoms with van der Waals surface area (Å²) in [5, 5.41) is -0.740. The number of Topliss-reactive ketones (excluding diaryl/α,β-unsaturated/α-hetero) is 1. The molecule has 0 heterocycles. The summed E-state index contributed by atoms with van der Waals surface area (Å²) in [5.41, 5.74) is 1.10. The van der Waals surface area contributed by atoms with Gasteiger partial charge in [-0.15, -0.1) is 0 Å². The average Bonchev–Trinajstić information content (AvgIpc) is 2.81. The van der Waals surface area contributed by atoms with Gasteiger partial charge in [-0.25, -0.2) is 8.42 Å². The molecule has 0 saturated heterocycles. The first-order valence-electron chi connectivity index (χ1n) is 9.34. The Bertz CT molecular complexity index is 715. The van der Waals surface area contributed by atoms with E-state index in [0.717, 1.165) is 38.5 Å². The summed E-state index contributed by atoms with van der Waals surface area (Å²) in [7, 11) is -4.20. The predicted molar refractivity (Wildman–Crippen MR) is 90.2 cm³/mol. The molecule has 25 heavy (non-hydrogen) atoms. The molecule has 4 aliphatic rings. The van der Waals surface area contributed by atoms with Gasteiger partial charge in [0.1, 0.15) is 5.78 Å². The van der Waals surface area contributed by atoms with E-state index < -0.39 is 15.4 Å². The summed E-state index contributed by atoms with van der Waals surface area (Å²) in [5.74, 6) is 2.02. The number of hydrogen-bond acceptors (Lipinski definition) is 4. The van der Waals surface area contributed by atoms with Crippen molar-refractivity contribution in [3.63, 3.8) is 0 Å². The summed E-state index contributed by atoms with van der Waals surface area (Å²) in [6.07, 6.45) is 8.68. The molecule has 3 fully saturated rings. The van der Waals surface area contributed by atoms with Crippen LogP contribution in [0.3, 0.4) is 0 Å². The van der Waals surface area contributed by atoms with Gasteiger partial charge in [-0.05, 0) is 68.1 Å². The van der Waals surface area contributed by atoms with Crippen molar-refractivity contribution in [2.45, 2.75) is 70.5 Å². The number of allylic oxidation sites excluding steroid dienone is 2. The zero-order chi connectivity index (χ0) is 17.3. The van der Waals surface area contributed by atoms with Gasteiger partial charge >= 0.3 is 29.6 Å². The second kappa shape index (κ2) is 6.44. The van der Waals surface area contributed by atoms with Gasteiger partial charge in [-0.1, -0.05) is 25.5 Å². The van der Waals surface area contributed by atoms with Crippen LogP contribution in [0.15, 0.2) is 11.6 Å². The summed E-state index contributed by atoms with van der Waals surface area (Å²) >= 11 is 0. The van der Waals surface area contributed by atoms with E-state index in [0.29, 0.717) is 36.4 Å². The molecule has 6 heteroatoms. The Labute approximate surface area is 173 Å². The number of carbonyl (C=O) groups excluding carboxylic acids is 1. The number of ketones is 1. The van der Waals surface area contributed by atoms with Crippen LogP contribution in [-0.4, -0.2) is 24.0 Å². The van der Waals surface area contributed by atoms with Crippen LogP contribution in [0.5, 0.6) is 0 Å². The maximum atomic E-state index is 12.4. The molecule has 0 aromatic heterocycles. The SMILES string of the molecule is C[C@]12CC[C@H](S(=O)(=O)[O-])CC1=CC[C@@H]1[C@@H]2CC[C@]2(C)C(=O)CC[C@@H]12.[Na+]. The van der Waals surface area contributed by atoms with Gasteiger partial charge in [0.2, 0.25) is 0 Å². The summed E-state index contributed by atoms with van der Waals surface area (Å²) in [6, 6.07) is 0. The Morgan fingerprint density at radius 3 is 2.40 bits per heavy atom. The van der Waals surface area contributed by atoms with E-state index in [9.17, 15) is 17.8 Å².